The van der Waals surface area contributed by atoms with Gasteiger partial charge in [-0.1, -0.05) is 6.08 Å². The largest absolute Gasteiger partial charge is 0.501 e. The molecule has 0 aromatic heterocycles. The molecule has 0 bridgehead atoms. The third-order valence-electron chi connectivity index (χ3n) is 2.39. The molecule has 3 N–H and O–H groups in total. The third kappa shape index (κ3) is 1.66. The van der Waals surface area contributed by atoms with Gasteiger partial charge in [0.05, 0.1) is 19.0 Å². The van der Waals surface area contributed by atoms with Crippen LogP contribution in [0.5, 0.6) is 0 Å². The van der Waals surface area contributed by atoms with Crippen molar-refractivity contribution in [2.24, 2.45) is 5.73 Å². The van der Waals surface area contributed by atoms with Gasteiger partial charge in [0.25, 0.3) is 0 Å². The molecule has 1 unspecified atom stereocenters. The standard InChI is InChI=1S/C10H14N2O/c1-13-9-3-2-7-6-12-10(11)5-8(7)4-9/h2,4-5,10,12H,3,6,11H2,1H3. The molecule has 0 aromatic rings. The maximum atomic E-state index is 5.74. The first-order valence-corrected chi connectivity index (χ1v) is 4.44. The first kappa shape index (κ1) is 8.53. The molecule has 0 fully saturated rings. The summed E-state index contributed by atoms with van der Waals surface area (Å²) in [6.07, 6.45) is 7.13. The molecule has 3 nitrogen and oxygen atoms in total. The van der Waals surface area contributed by atoms with E-state index in [9.17, 15) is 0 Å². The smallest absolute Gasteiger partial charge is 0.0999 e. The van der Waals surface area contributed by atoms with Crippen LogP contribution >= 0.6 is 0 Å². The molecule has 3 heteroatoms. The van der Waals surface area contributed by atoms with Crippen molar-refractivity contribution in [1.29, 1.82) is 0 Å². The van der Waals surface area contributed by atoms with Crippen LogP contribution in [0.3, 0.4) is 0 Å². The van der Waals surface area contributed by atoms with Gasteiger partial charge in [-0.25, -0.2) is 0 Å². The van der Waals surface area contributed by atoms with E-state index in [2.05, 4.69) is 17.5 Å². The number of methoxy groups -OCH3 is 1. The van der Waals surface area contributed by atoms with E-state index in [4.69, 9.17) is 10.5 Å². The zero-order valence-electron chi connectivity index (χ0n) is 7.71. The van der Waals surface area contributed by atoms with Crippen molar-refractivity contribution in [1.82, 2.24) is 5.32 Å². The minimum Gasteiger partial charge on any atom is -0.501 e. The summed E-state index contributed by atoms with van der Waals surface area (Å²) in [6.45, 7) is 0.862. The Morgan fingerprint density at radius 1 is 1.62 bits per heavy atom. The van der Waals surface area contributed by atoms with Crippen LogP contribution in [0.2, 0.25) is 0 Å². The van der Waals surface area contributed by atoms with Gasteiger partial charge in [-0.05, 0) is 23.3 Å². The van der Waals surface area contributed by atoms with Gasteiger partial charge in [0.2, 0.25) is 0 Å². The van der Waals surface area contributed by atoms with Crippen molar-refractivity contribution < 1.29 is 4.74 Å². The highest BCUT2D eigenvalue weighted by Gasteiger charge is 2.16. The van der Waals surface area contributed by atoms with Crippen molar-refractivity contribution in [3.05, 3.63) is 35.1 Å². The van der Waals surface area contributed by atoms with Crippen molar-refractivity contribution in [2.75, 3.05) is 13.7 Å². The van der Waals surface area contributed by atoms with E-state index in [0.717, 1.165) is 18.7 Å². The zero-order chi connectivity index (χ0) is 9.26. The van der Waals surface area contributed by atoms with Gasteiger partial charge in [0.1, 0.15) is 0 Å². The minimum absolute atomic E-state index is 0.0281. The first-order valence-electron chi connectivity index (χ1n) is 4.44. The lowest BCUT2D eigenvalue weighted by Crippen LogP contribution is -2.40. The Hall–Kier alpha value is -1.06. The number of hydrogen-bond donors (Lipinski definition) is 2. The summed E-state index contributed by atoms with van der Waals surface area (Å²) in [5.41, 5.74) is 8.27. The first-order chi connectivity index (χ1) is 6.29. The van der Waals surface area contributed by atoms with Crippen LogP contribution < -0.4 is 11.1 Å². The van der Waals surface area contributed by atoms with Crippen molar-refractivity contribution >= 4 is 0 Å². The van der Waals surface area contributed by atoms with Gasteiger partial charge in [0, 0.05) is 13.0 Å². The number of allylic oxidation sites excluding steroid dienone is 2. The maximum absolute atomic E-state index is 5.74. The van der Waals surface area contributed by atoms with E-state index < -0.39 is 0 Å². The van der Waals surface area contributed by atoms with E-state index in [1.807, 2.05) is 6.08 Å². The lowest BCUT2D eigenvalue weighted by molar-refractivity contribution is 0.283. The fraction of sp³-hybridized carbons (Fsp3) is 0.400. The van der Waals surface area contributed by atoms with Crippen LogP contribution in [0, 0.1) is 0 Å². The van der Waals surface area contributed by atoms with Crippen LogP contribution in [0.15, 0.2) is 35.1 Å². The molecule has 0 spiro atoms. The van der Waals surface area contributed by atoms with Gasteiger partial charge in [-0.15, -0.1) is 0 Å². The number of ether oxygens (including phenoxy) is 1. The zero-order valence-corrected chi connectivity index (χ0v) is 7.71. The van der Waals surface area contributed by atoms with Crippen molar-refractivity contribution in [3.63, 3.8) is 0 Å². The highest BCUT2D eigenvalue weighted by atomic mass is 16.5. The highest BCUT2D eigenvalue weighted by molar-refractivity contribution is 5.47. The van der Waals surface area contributed by atoms with Gasteiger partial charge < -0.3 is 10.5 Å². The van der Waals surface area contributed by atoms with Gasteiger partial charge in [-0.3, -0.25) is 5.32 Å². The molecule has 70 valence electrons. The predicted octanol–water partition coefficient (Wildman–Crippen LogP) is 0.661. The second-order valence-electron chi connectivity index (χ2n) is 3.28. The van der Waals surface area contributed by atoms with Crippen LogP contribution in [0.25, 0.3) is 0 Å². The molecule has 0 saturated heterocycles. The topological polar surface area (TPSA) is 47.3 Å². The summed E-state index contributed by atoms with van der Waals surface area (Å²) >= 11 is 0. The molecular weight excluding hydrogens is 164 g/mol. The fourth-order valence-electron chi connectivity index (χ4n) is 1.62. The molecule has 1 atom stereocenters. The summed E-state index contributed by atoms with van der Waals surface area (Å²) in [5, 5.41) is 3.18. The van der Waals surface area contributed by atoms with Crippen molar-refractivity contribution in [2.45, 2.75) is 12.6 Å². The highest BCUT2D eigenvalue weighted by Crippen LogP contribution is 2.24. The van der Waals surface area contributed by atoms with E-state index in [0.29, 0.717) is 0 Å². The molecule has 0 saturated carbocycles. The van der Waals surface area contributed by atoms with E-state index in [1.54, 1.807) is 7.11 Å². The second kappa shape index (κ2) is 3.36. The molecule has 1 heterocycles. The molecule has 0 amide bonds. The predicted molar refractivity (Wildman–Crippen MR) is 51.9 cm³/mol. The Morgan fingerprint density at radius 2 is 2.46 bits per heavy atom. The van der Waals surface area contributed by atoms with Gasteiger partial charge in [-0.2, -0.15) is 0 Å². The summed E-state index contributed by atoms with van der Waals surface area (Å²) in [5.74, 6) is 1.00. The van der Waals surface area contributed by atoms with Gasteiger partial charge >= 0.3 is 0 Å². The van der Waals surface area contributed by atoms with Crippen LogP contribution in [-0.4, -0.2) is 19.8 Å². The second-order valence-corrected chi connectivity index (χ2v) is 3.28. The molecule has 0 radical (unpaired) electrons. The number of rotatable bonds is 1. The Labute approximate surface area is 77.9 Å². The fourth-order valence-corrected chi connectivity index (χ4v) is 1.62. The summed E-state index contributed by atoms with van der Waals surface area (Å²) in [6, 6.07) is 0. The Morgan fingerprint density at radius 3 is 3.23 bits per heavy atom. The van der Waals surface area contributed by atoms with Crippen LogP contribution in [0.1, 0.15) is 6.42 Å². The molecule has 2 aliphatic rings. The van der Waals surface area contributed by atoms with Crippen LogP contribution in [-0.2, 0) is 4.74 Å². The normalized spacial score (nSPS) is 26.9. The number of nitrogens with one attached hydrogen (secondary N) is 1. The lowest BCUT2D eigenvalue weighted by atomic mass is 9.95. The lowest BCUT2D eigenvalue weighted by Gasteiger charge is -2.24. The quantitative estimate of drug-likeness (QED) is 0.620. The van der Waals surface area contributed by atoms with Crippen molar-refractivity contribution in [3.8, 4) is 0 Å². The monoisotopic (exact) mass is 178 g/mol. The molecule has 1 aliphatic heterocycles. The summed E-state index contributed by atoms with van der Waals surface area (Å²) < 4.78 is 5.19. The Balaban J connectivity index is 2.27. The minimum atomic E-state index is -0.0281. The molecule has 2 rings (SSSR count). The SMILES string of the molecule is COC1=CC2=CC(N)NCC2=CC1. The number of hydrogen-bond acceptors (Lipinski definition) is 3. The number of fused-ring (bicyclic) bond motifs is 1. The average molecular weight is 178 g/mol. The third-order valence-corrected chi connectivity index (χ3v) is 2.39. The molecule has 1 aliphatic carbocycles. The number of nitrogens with two attached hydrogens (primary N) is 1. The van der Waals surface area contributed by atoms with E-state index in [-0.39, 0.29) is 6.17 Å². The average Bonchev–Trinajstić information content (AvgIpc) is 2.16. The summed E-state index contributed by atoms with van der Waals surface area (Å²) in [4.78, 5) is 0. The van der Waals surface area contributed by atoms with E-state index >= 15 is 0 Å². The maximum Gasteiger partial charge on any atom is 0.0999 e. The Bertz CT molecular complexity index is 302. The van der Waals surface area contributed by atoms with Crippen LogP contribution in [0.4, 0.5) is 0 Å². The molecular formula is C10H14N2O. The molecule has 0 aromatic carbocycles. The summed E-state index contributed by atoms with van der Waals surface area (Å²) in [7, 11) is 1.70. The Kier molecular flexibility index (Phi) is 2.20. The molecule has 13 heavy (non-hydrogen) atoms. The van der Waals surface area contributed by atoms with Gasteiger partial charge in [0.15, 0.2) is 0 Å². The van der Waals surface area contributed by atoms with E-state index in [1.165, 1.54) is 11.1 Å².